The number of carbonyl (C=O) groups is 2. The second-order valence-corrected chi connectivity index (χ2v) is 13.0. The van der Waals surface area contributed by atoms with Crippen LogP contribution in [0.4, 0.5) is 11.6 Å². The summed E-state index contributed by atoms with van der Waals surface area (Å²) in [6.45, 7) is 1.85. The van der Waals surface area contributed by atoms with Gasteiger partial charge in [0, 0.05) is 60.4 Å². The number of anilines is 2. The maximum Gasteiger partial charge on any atom is 0.260 e. The molecule has 10 nitrogen and oxygen atoms in total. The van der Waals surface area contributed by atoms with Crippen molar-refractivity contribution in [2.75, 3.05) is 18.0 Å². The van der Waals surface area contributed by atoms with Crippen LogP contribution < -0.4 is 4.90 Å². The van der Waals surface area contributed by atoms with Gasteiger partial charge in [0.2, 0.25) is 5.95 Å². The van der Waals surface area contributed by atoms with E-state index in [-0.39, 0.29) is 55.0 Å². The van der Waals surface area contributed by atoms with Crippen molar-refractivity contribution in [1.29, 1.82) is 0 Å². The first-order valence-electron chi connectivity index (χ1n) is 12.8. The fourth-order valence-corrected chi connectivity index (χ4v) is 7.52. The molecule has 0 aliphatic carbocycles. The van der Waals surface area contributed by atoms with Gasteiger partial charge in [-0.1, -0.05) is 47.5 Å². The Labute approximate surface area is 246 Å². The minimum absolute atomic E-state index is 0.0181. The highest BCUT2D eigenvalue weighted by molar-refractivity contribution is 7.89. The Hall–Kier alpha value is -3.64. The predicted octanol–water partition coefficient (Wildman–Crippen LogP) is 4.64. The van der Waals surface area contributed by atoms with Gasteiger partial charge in [-0.15, -0.1) is 0 Å². The smallest absolute Gasteiger partial charge is 0.260 e. The molecule has 4 heterocycles. The van der Waals surface area contributed by atoms with Crippen molar-refractivity contribution in [2.45, 2.75) is 36.8 Å². The molecule has 4 aromatic rings. The molecule has 2 aromatic heterocycles. The van der Waals surface area contributed by atoms with Gasteiger partial charge < -0.3 is 0 Å². The zero-order chi connectivity index (χ0) is 28.9. The molecule has 1 saturated heterocycles. The third-order valence-electron chi connectivity index (χ3n) is 7.45. The summed E-state index contributed by atoms with van der Waals surface area (Å²) in [6.07, 6.45) is 6.60. The molecule has 2 aliphatic rings. The number of imidazole rings is 1. The van der Waals surface area contributed by atoms with Gasteiger partial charge in [0.05, 0.1) is 11.9 Å². The first-order chi connectivity index (χ1) is 19.6. The Morgan fingerprint density at radius 2 is 1.54 bits per heavy atom. The van der Waals surface area contributed by atoms with Gasteiger partial charge in [-0.3, -0.25) is 14.2 Å². The van der Waals surface area contributed by atoms with E-state index in [1.807, 2.05) is 24.3 Å². The average molecular weight is 612 g/mol. The number of Topliss-reactive ketones (excluding diaryl/α,β-unsaturated/α-hetero) is 1. The van der Waals surface area contributed by atoms with Crippen molar-refractivity contribution in [3.05, 3.63) is 83.0 Å². The number of rotatable bonds is 6. The lowest BCUT2D eigenvalue weighted by Crippen LogP contribution is -2.44. The summed E-state index contributed by atoms with van der Waals surface area (Å²) >= 11 is 12.5. The zero-order valence-corrected chi connectivity index (χ0v) is 24.2. The first kappa shape index (κ1) is 27.5. The molecule has 1 fully saturated rings. The second kappa shape index (κ2) is 10.3. The Bertz CT molecular complexity index is 1750. The Morgan fingerprint density at radius 1 is 0.902 bits per heavy atom. The summed E-state index contributed by atoms with van der Waals surface area (Å²) in [7, 11) is -4.08. The molecule has 41 heavy (non-hydrogen) atoms. The van der Waals surface area contributed by atoms with E-state index in [9.17, 15) is 18.0 Å². The van der Waals surface area contributed by atoms with E-state index in [4.69, 9.17) is 23.2 Å². The van der Waals surface area contributed by atoms with Gasteiger partial charge in [-0.05, 0) is 36.2 Å². The lowest BCUT2D eigenvalue weighted by molar-refractivity contribution is -0.124. The fraction of sp³-hybridized carbons (Fsp3) is 0.250. The van der Waals surface area contributed by atoms with Crippen molar-refractivity contribution in [1.82, 2.24) is 23.8 Å². The van der Waals surface area contributed by atoms with E-state index in [0.717, 1.165) is 16.7 Å². The number of sulfonamides is 1. The monoisotopic (exact) mass is 610 g/mol. The van der Waals surface area contributed by atoms with Crippen LogP contribution in [0.1, 0.15) is 25.3 Å². The summed E-state index contributed by atoms with van der Waals surface area (Å²) in [5.41, 5.74) is 1.55. The third kappa shape index (κ3) is 4.82. The lowest BCUT2D eigenvalue weighted by atomic mass is 9.91. The molecule has 2 aliphatic heterocycles. The molecule has 210 valence electrons. The number of benzene rings is 2. The van der Waals surface area contributed by atoms with Crippen LogP contribution in [0.2, 0.25) is 10.0 Å². The summed E-state index contributed by atoms with van der Waals surface area (Å²) < 4.78 is 30.5. The SMILES string of the molecule is C[C@@]1(Cc2ccc(-c3cncnc3)cc2)C(=O)N(c2cc(Cl)cc(Cl)c2)c2ncc(S(=O)(=O)N3CCC(=O)CC3)n21. The number of carbonyl (C=O) groups excluding carboxylic acids is 2. The van der Waals surface area contributed by atoms with Crippen LogP contribution in [0.15, 0.2) is 72.4 Å². The van der Waals surface area contributed by atoms with Gasteiger partial charge in [-0.25, -0.2) is 28.3 Å². The van der Waals surface area contributed by atoms with Gasteiger partial charge in [-0.2, -0.15) is 4.31 Å². The van der Waals surface area contributed by atoms with Crippen LogP contribution in [0.5, 0.6) is 0 Å². The van der Waals surface area contributed by atoms with Crippen LogP contribution >= 0.6 is 23.2 Å². The average Bonchev–Trinajstić information content (AvgIpc) is 3.48. The van der Waals surface area contributed by atoms with E-state index in [1.165, 1.54) is 26.3 Å². The van der Waals surface area contributed by atoms with Crippen molar-refractivity contribution < 1.29 is 18.0 Å². The van der Waals surface area contributed by atoms with Crippen LogP contribution in [0.3, 0.4) is 0 Å². The quantitative estimate of drug-likeness (QED) is 0.312. The topological polar surface area (TPSA) is 118 Å². The zero-order valence-electron chi connectivity index (χ0n) is 21.9. The summed E-state index contributed by atoms with van der Waals surface area (Å²) in [6, 6.07) is 12.3. The lowest BCUT2D eigenvalue weighted by Gasteiger charge is -2.29. The standard InChI is InChI=1S/C28H24Cl2N6O4S/c1-28(13-18-2-4-19(5-3-18)20-14-31-17-32-15-20)26(38)35(23-11-21(29)10-22(30)12-23)27-33-16-25(36(27)28)41(39,40)34-8-6-24(37)7-9-34/h2-5,10-12,14-17H,6-9,13H2,1H3/t28-/m1/s1. The summed E-state index contributed by atoms with van der Waals surface area (Å²) in [5, 5.41) is 0.517. The highest BCUT2D eigenvalue weighted by Gasteiger charge is 2.52. The first-order valence-corrected chi connectivity index (χ1v) is 15.0. The Kier molecular flexibility index (Phi) is 6.93. The van der Waals surface area contributed by atoms with Crippen molar-refractivity contribution >= 4 is 56.6 Å². The van der Waals surface area contributed by atoms with Crippen LogP contribution in [0, 0.1) is 0 Å². The van der Waals surface area contributed by atoms with Crippen LogP contribution in [-0.2, 0) is 31.6 Å². The number of aromatic nitrogens is 4. The number of fused-ring (bicyclic) bond motifs is 1. The van der Waals surface area contributed by atoms with E-state index in [2.05, 4.69) is 15.0 Å². The molecule has 0 bridgehead atoms. The van der Waals surface area contributed by atoms with Gasteiger partial charge in [0.1, 0.15) is 17.6 Å². The van der Waals surface area contributed by atoms with E-state index in [1.54, 1.807) is 37.5 Å². The number of nitrogens with zero attached hydrogens (tertiary/aromatic N) is 6. The van der Waals surface area contributed by atoms with Crippen molar-refractivity contribution in [3.63, 3.8) is 0 Å². The highest BCUT2D eigenvalue weighted by Crippen LogP contribution is 2.45. The van der Waals surface area contributed by atoms with Gasteiger partial charge in [0.15, 0.2) is 5.03 Å². The predicted molar refractivity (Wildman–Crippen MR) is 154 cm³/mol. The largest absolute Gasteiger partial charge is 0.300 e. The second-order valence-electron chi connectivity index (χ2n) is 10.2. The van der Waals surface area contributed by atoms with Crippen molar-refractivity contribution in [3.8, 4) is 11.1 Å². The minimum atomic E-state index is -4.08. The Morgan fingerprint density at radius 3 is 2.17 bits per heavy atom. The number of hydrogen-bond donors (Lipinski definition) is 0. The van der Waals surface area contributed by atoms with E-state index >= 15 is 0 Å². The molecule has 0 radical (unpaired) electrons. The molecule has 13 heteroatoms. The van der Waals surface area contributed by atoms with Crippen molar-refractivity contribution in [2.24, 2.45) is 0 Å². The van der Waals surface area contributed by atoms with Gasteiger partial charge >= 0.3 is 0 Å². The number of hydrogen-bond acceptors (Lipinski definition) is 7. The molecule has 1 atom stereocenters. The van der Waals surface area contributed by atoms with Crippen LogP contribution in [0.25, 0.3) is 11.1 Å². The summed E-state index contributed by atoms with van der Waals surface area (Å²) in [5.74, 6) is -0.227. The molecular weight excluding hydrogens is 587 g/mol. The normalized spacial score (nSPS) is 19.5. The number of ketones is 1. The van der Waals surface area contributed by atoms with Gasteiger partial charge in [0.25, 0.3) is 15.9 Å². The molecule has 2 aromatic carbocycles. The maximum absolute atomic E-state index is 14.3. The fourth-order valence-electron chi connectivity index (χ4n) is 5.38. The summed E-state index contributed by atoms with van der Waals surface area (Å²) in [4.78, 5) is 40.0. The maximum atomic E-state index is 14.3. The van der Waals surface area contributed by atoms with E-state index in [0.29, 0.717) is 15.7 Å². The molecule has 0 saturated carbocycles. The van der Waals surface area contributed by atoms with E-state index < -0.39 is 15.6 Å². The Balaban J connectivity index is 1.45. The number of halogens is 2. The molecule has 0 N–H and O–H groups in total. The minimum Gasteiger partial charge on any atom is -0.300 e. The number of amides is 1. The molecule has 0 spiro atoms. The highest BCUT2D eigenvalue weighted by atomic mass is 35.5. The third-order valence-corrected chi connectivity index (χ3v) is 9.75. The molecule has 0 unspecified atom stereocenters. The molecular formula is C28H24Cl2N6O4S. The van der Waals surface area contributed by atoms with Crippen LogP contribution in [-0.4, -0.2) is 57.0 Å². The molecule has 6 rings (SSSR count). The number of piperidine rings is 1. The molecule has 1 amide bonds.